The summed E-state index contributed by atoms with van der Waals surface area (Å²) in [4.78, 5) is 26.1. The van der Waals surface area contributed by atoms with Gasteiger partial charge in [0.25, 0.3) is 5.56 Å². The van der Waals surface area contributed by atoms with Crippen LogP contribution in [0.1, 0.15) is 11.6 Å². The van der Waals surface area contributed by atoms with Crippen LogP contribution < -0.4 is 5.56 Å². The summed E-state index contributed by atoms with van der Waals surface area (Å²) in [5.74, 6) is 1.31. The number of hydrogen-bond acceptors (Lipinski definition) is 9. The van der Waals surface area contributed by atoms with Crippen molar-refractivity contribution in [1.82, 2.24) is 19.8 Å². The molecule has 0 bridgehead atoms. The number of nitrogens with one attached hydrogen (secondary N) is 1. The number of aliphatic hydroxyl groups is 1. The summed E-state index contributed by atoms with van der Waals surface area (Å²) in [6.45, 7) is 6.11. The van der Waals surface area contributed by atoms with Gasteiger partial charge in [-0.2, -0.15) is 0 Å². The monoisotopic (exact) mass is 524 g/mol. The fourth-order valence-electron chi connectivity index (χ4n) is 4.49. The van der Waals surface area contributed by atoms with Crippen molar-refractivity contribution in [3.63, 3.8) is 0 Å². The number of fused-ring (bicyclic) bond motifs is 1. The van der Waals surface area contributed by atoms with Crippen molar-refractivity contribution in [2.75, 3.05) is 52.5 Å². The number of furan rings is 1. The highest BCUT2D eigenvalue weighted by molar-refractivity contribution is 7.17. The second-order valence-corrected chi connectivity index (χ2v) is 10.0. The molecule has 4 aromatic rings. The Morgan fingerprint density at radius 2 is 2.03 bits per heavy atom. The van der Waals surface area contributed by atoms with Crippen LogP contribution in [0.2, 0.25) is 0 Å². The molecule has 9 nitrogen and oxygen atoms in total. The second kappa shape index (κ2) is 12.6. The van der Waals surface area contributed by atoms with Crippen LogP contribution in [0.15, 0.2) is 63.3 Å². The first kappa shape index (κ1) is 25.8. The number of aromatic amines is 1. The molecule has 0 unspecified atom stereocenters. The van der Waals surface area contributed by atoms with E-state index < -0.39 is 6.10 Å². The number of aliphatic hydroxyl groups excluding tert-OH is 1. The van der Waals surface area contributed by atoms with E-state index in [1.54, 1.807) is 6.26 Å². The van der Waals surface area contributed by atoms with Gasteiger partial charge in [-0.05, 0) is 17.7 Å². The molecule has 0 saturated carbocycles. The average Bonchev–Trinajstić information content (AvgIpc) is 3.59. The van der Waals surface area contributed by atoms with Crippen LogP contribution in [0.25, 0.3) is 21.3 Å². The summed E-state index contributed by atoms with van der Waals surface area (Å²) in [6, 6.07) is 13.5. The number of thiophene rings is 1. The van der Waals surface area contributed by atoms with Crippen molar-refractivity contribution in [1.29, 1.82) is 0 Å². The molecular weight excluding hydrogens is 492 g/mol. The van der Waals surface area contributed by atoms with E-state index in [-0.39, 0.29) is 12.2 Å². The van der Waals surface area contributed by atoms with Gasteiger partial charge in [-0.15, -0.1) is 11.3 Å². The first-order valence-corrected chi connectivity index (χ1v) is 13.4. The van der Waals surface area contributed by atoms with Crippen molar-refractivity contribution >= 4 is 21.6 Å². The van der Waals surface area contributed by atoms with Gasteiger partial charge in [0, 0.05) is 43.7 Å². The minimum absolute atomic E-state index is 0.143. The molecule has 37 heavy (non-hydrogen) atoms. The predicted octanol–water partition coefficient (Wildman–Crippen LogP) is 2.96. The average molecular weight is 525 g/mol. The van der Waals surface area contributed by atoms with E-state index in [0.29, 0.717) is 35.7 Å². The Labute approximate surface area is 219 Å². The maximum atomic E-state index is 13.1. The molecule has 1 aliphatic rings. The number of hydrogen-bond donors (Lipinski definition) is 2. The molecule has 3 aromatic heterocycles. The van der Waals surface area contributed by atoms with Crippen molar-refractivity contribution in [2.45, 2.75) is 19.3 Å². The number of aromatic nitrogens is 2. The fourth-order valence-corrected chi connectivity index (χ4v) is 5.46. The molecule has 1 fully saturated rings. The largest absolute Gasteiger partial charge is 0.467 e. The molecule has 1 aliphatic heterocycles. The summed E-state index contributed by atoms with van der Waals surface area (Å²) in [5.41, 5.74) is 1.75. The molecule has 10 heteroatoms. The van der Waals surface area contributed by atoms with Crippen LogP contribution in [0.4, 0.5) is 0 Å². The van der Waals surface area contributed by atoms with Crippen LogP contribution in [0, 0.1) is 0 Å². The van der Waals surface area contributed by atoms with Gasteiger partial charge < -0.3 is 24.0 Å². The van der Waals surface area contributed by atoms with Crippen LogP contribution in [0.3, 0.4) is 0 Å². The third-order valence-electron chi connectivity index (χ3n) is 6.39. The fraction of sp³-hybridized carbons (Fsp3) is 0.407. The Hall–Kier alpha value is -2.86. The number of ether oxygens (including phenoxy) is 2. The minimum atomic E-state index is -0.693. The first-order valence-electron chi connectivity index (χ1n) is 12.5. The molecule has 0 spiro atoms. The van der Waals surface area contributed by atoms with Gasteiger partial charge in [-0.3, -0.25) is 14.6 Å². The molecule has 2 N–H and O–H groups in total. The zero-order valence-electron chi connectivity index (χ0n) is 20.7. The second-order valence-electron chi connectivity index (χ2n) is 9.15. The first-order chi connectivity index (χ1) is 18.2. The Morgan fingerprint density at radius 3 is 2.81 bits per heavy atom. The molecular formula is C27H32N4O5S. The van der Waals surface area contributed by atoms with Gasteiger partial charge in [0.1, 0.15) is 23.0 Å². The molecule has 1 saturated heterocycles. The van der Waals surface area contributed by atoms with Crippen molar-refractivity contribution < 1.29 is 19.0 Å². The lowest BCUT2D eigenvalue weighted by molar-refractivity contribution is -0.00190. The highest BCUT2D eigenvalue weighted by Gasteiger charge is 2.19. The van der Waals surface area contributed by atoms with Gasteiger partial charge in [0.2, 0.25) is 0 Å². The summed E-state index contributed by atoms with van der Waals surface area (Å²) in [5, 5.41) is 13.3. The third-order valence-corrected chi connectivity index (χ3v) is 7.26. The van der Waals surface area contributed by atoms with Gasteiger partial charge >= 0.3 is 0 Å². The maximum absolute atomic E-state index is 13.1. The highest BCUT2D eigenvalue weighted by atomic mass is 32.1. The van der Waals surface area contributed by atoms with E-state index in [0.717, 1.165) is 56.3 Å². The summed E-state index contributed by atoms with van der Waals surface area (Å²) >= 11 is 1.47. The number of morpholine rings is 1. The maximum Gasteiger partial charge on any atom is 0.260 e. The summed E-state index contributed by atoms with van der Waals surface area (Å²) in [7, 11) is 0. The summed E-state index contributed by atoms with van der Waals surface area (Å²) in [6.07, 6.45) is 0.908. The van der Waals surface area contributed by atoms with Gasteiger partial charge in [0.15, 0.2) is 0 Å². The molecule has 0 aliphatic carbocycles. The van der Waals surface area contributed by atoms with Gasteiger partial charge in [-0.25, -0.2) is 4.98 Å². The molecule has 1 atom stereocenters. The Bertz CT molecular complexity index is 1300. The smallest absolute Gasteiger partial charge is 0.260 e. The molecule has 4 heterocycles. The normalized spacial score (nSPS) is 15.5. The number of benzene rings is 1. The van der Waals surface area contributed by atoms with Gasteiger partial charge in [-0.1, -0.05) is 30.3 Å². The van der Waals surface area contributed by atoms with E-state index >= 15 is 0 Å². The molecule has 0 amide bonds. The number of rotatable bonds is 12. The topological polar surface area (TPSA) is 104 Å². The lowest BCUT2D eigenvalue weighted by Crippen LogP contribution is -2.43. The van der Waals surface area contributed by atoms with Crippen molar-refractivity contribution in [3.8, 4) is 11.1 Å². The van der Waals surface area contributed by atoms with E-state index in [2.05, 4.69) is 14.8 Å². The van der Waals surface area contributed by atoms with Crippen LogP contribution >= 0.6 is 11.3 Å². The Morgan fingerprint density at radius 1 is 1.19 bits per heavy atom. The van der Waals surface area contributed by atoms with E-state index in [9.17, 15) is 9.90 Å². The van der Waals surface area contributed by atoms with Crippen LogP contribution in [-0.2, 0) is 22.6 Å². The molecule has 5 rings (SSSR count). The van der Waals surface area contributed by atoms with Crippen molar-refractivity contribution in [2.24, 2.45) is 0 Å². The zero-order chi connectivity index (χ0) is 25.5. The van der Waals surface area contributed by atoms with Crippen LogP contribution in [0.5, 0.6) is 0 Å². The standard InChI is InChI=1S/C27H32N4O5S/c32-21(17-35-18-22-7-4-12-36-22)15-31(9-8-30-10-13-34-14-11-30)16-24-28-26(33)25-23(19-37-27(25)29-24)20-5-2-1-3-6-20/h1-7,12,19,21,32H,8-11,13-18H2,(H,28,29,33)/t21-/m0/s1. The van der Waals surface area contributed by atoms with E-state index in [4.69, 9.17) is 18.9 Å². The van der Waals surface area contributed by atoms with Crippen molar-refractivity contribution in [3.05, 3.63) is 76.0 Å². The minimum Gasteiger partial charge on any atom is -0.467 e. The predicted molar refractivity (Wildman–Crippen MR) is 143 cm³/mol. The Balaban J connectivity index is 1.28. The molecule has 1 aromatic carbocycles. The Kier molecular flexibility index (Phi) is 8.77. The third kappa shape index (κ3) is 6.92. The van der Waals surface area contributed by atoms with E-state index in [1.165, 1.54) is 11.3 Å². The quantitative estimate of drug-likeness (QED) is 0.292. The molecule has 0 radical (unpaired) electrons. The highest BCUT2D eigenvalue weighted by Crippen LogP contribution is 2.30. The zero-order valence-corrected chi connectivity index (χ0v) is 21.5. The van der Waals surface area contributed by atoms with Crippen LogP contribution in [-0.4, -0.2) is 83.5 Å². The molecule has 196 valence electrons. The number of nitrogens with zero attached hydrogens (tertiary/aromatic N) is 3. The lowest BCUT2D eigenvalue weighted by Gasteiger charge is -2.30. The van der Waals surface area contributed by atoms with E-state index in [1.807, 2.05) is 47.8 Å². The lowest BCUT2D eigenvalue weighted by atomic mass is 10.1. The SMILES string of the molecule is O=c1[nH]c(CN(CCN2CCOCC2)C[C@H](O)COCc2ccco2)nc2scc(-c3ccccc3)c12. The number of H-pyrrole nitrogens is 1. The summed E-state index contributed by atoms with van der Waals surface area (Å²) < 4.78 is 16.4. The van der Waals surface area contributed by atoms with Gasteiger partial charge in [0.05, 0.1) is 44.1 Å².